The number of carbonyl (C=O) groups excluding carboxylic acids is 1. The summed E-state index contributed by atoms with van der Waals surface area (Å²) in [4.78, 5) is 14.3. The second-order valence-corrected chi connectivity index (χ2v) is 4.73. The SMILES string of the molecule is CCC(CC)N(CCO)C(=O)C1CCCCN1. The molecule has 4 nitrogen and oxygen atoms in total. The Balaban J connectivity index is 2.63. The van der Waals surface area contributed by atoms with E-state index in [2.05, 4.69) is 19.2 Å². The van der Waals surface area contributed by atoms with E-state index in [1.807, 2.05) is 4.90 Å². The molecule has 0 bridgehead atoms. The molecule has 0 aromatic carbocycles. The van der Waals surface area contributed by atoms with Crippen molar-refractivity contribution in [3.8, 4) is 0 Å². The van der Waals surface area contributed by atoms with E-state index in [0.717, 1.165) is 38.6 Å². The van der Waals surface area contributed by atoms with Crippen molar-refractivity contribution in [1.29, 1.82) is 0 Å². The first-order valence-electron chi connectivity index (χ1n) is 6.89. The van der Waals surface area contributed by atoms with E-state index in [9.17, 15) is 4.79 Å². The molecule has 1 rings (SSSR count). The van der Waals surface area contributed by atoms with E-state index in [-0.39, 0.29) is 24.6 Å². The van der Waals surface area contributed by atoms with Gasteiger partial charge in [-0.25, -0.2) is 0 Å². The standard InChI is InChI=1S/C13H26N2O2/c1-3-11(4-2)15(9-10-16)13(17)12-7-5-6-8-14-12/h11-12,14,16H,3-10H2,1-2H3. The Hall–Kier alpha value is -0.610. The van der Waals surface area contributed by atoms with Gasteiger partial charge in [-0.05, 0) is 32.2 Å². The Kier molecular flexibility index (Phi) is 6.52. The zero-order chi connectivity index (χ0) is 12.7. The minimum Gasteiger partial charge on any atom is -0.395 e. The molecule has 100 valence electrons. The number of piperidine rings is 1. The summed E-state index contributed by atoms with van der Waals surface area (Å²) in [5.41, 5.74) is 0. The van der Waals surface area contributed by atoms with Crippen LogP contribution in [-0.4, -0.2) is 47.7 Å². The van der Waals surface area contributed by atoms with Crippen molar-refractivity contribution in [2.75, 3.05) is 19.7 Å². The van der Waals surface area contributed by atoms with Crippen LogP contribution in [0.25, 0.3) is 0 Å². The van der Waals surface area contributed by atoms with Crippen LogP contribution < -0.4 is 5.32 Å². The van der Waals surface area contributed by atoms with Crippen LogP contribution in [0.1, 0.15) is 46.0 Å². The fraction of sp³-hybridized carbons (Fsp3) is 0.923. The molecule has 1 heterocycles. The molecule has 1 aliphatic heterocycles. The number of carbonyl (C=O) groups is 1. The lowest BCUT2D eigenvalue weighted by Gasteiger charge is -2.34. The maximum atomic E-state index is 12.4. The number of aliphatic hydroxyl groups excluding tert-OH is 1. The van der Waals surface area contributed by atoms with Gasteiger partial charge in [0, 0.05) is 12.6 Å². The molecule has 0 aromatic heterocycles. The zero-order valence-electron chi connectivity index (χ0n) is 11.1. The molecule has 0 aromatic rings. The van der Waals surface area contributed by atoms with Crippen molar-refractivity contribution in [3.05, 3.63) is 0 Å². The summed E-state index contributed by atoms with van der Waals surface area (Å²) in [5.74, 6) is 0.174. The van der Waals surface area contributed by atoms with Gasteiger partial charge < -0.3 is 15.3 Å². The van der Waals surface area contributed by atoms with Crippen molar-refractivity contribution in [2.45, 2.75) is 58.0 Å². The minimum absolute atomic E-state index is 0.0316. The molecule has 0 radical (unpaired) electrons. The number of aliphatic hydroxyl groups is 1. The zero-order valence-corrected chi connectivity index (χ0v) is 11.1. The van der Waals surface area contributed by atoms with Crippen LogP contribution in [0, 0.1) is 0 Å². The summed E-state index contributed by atoms with van der Waals surface area (Å²) in [6, 6.07) is 0.231. The molecule has 17 heavy (non-hydrogen) atoms. The molecule has 1 atom stereocenters. The van der Waals surface area contributed by atoms with Gasteiger partial charge in [0.25, 0.3) is 0 Å². The van der Waals surface area contributed by atoms with Crippen LogP contribution >= 0.6 is 0 Å². The highest BCUT2D eigenvalue weighted by Crippen LogP contribution is 2.14. The van der Waals surface area contributed by atoms with Crippen LogP contribution in [0.5, 0.6) is 0 Å². The van der Waals surface area contributed by atoms with Crippen molar-refractivity contribution < 1.29 is 9.90 Å². The Labute approximate surface area is 104 Å². The van der Waals surface area contributed by atoms with Crippen LogP contribution in [0.3, 0.4) is 0 Å². The highest BCUT2D eigenvalue weighted by atomic mass is 16.3. The van der Waals surface area contributed by atoms with Gasteiger partial charge in [-0.15, -0.1) is 0 Å². The maximum Gasteiger partial charge on any atom is 0.240 e. The fourth-order valence-corrected chi connectivity index (χ4v) is 2.57. The topological polar surface area (TPSA) is 52.6 Å². The Bertz CT molecular complexity index is 223. The molecular weight excluding hydrogens is 216 g/mol. The summed E-state index contributed by atoms with van der Waals surface area (Å²) in [6.45, 7) is 5.64. The molecule has 1 unspecified atom stereocenters. The number of nitrogens with zero attached hydrogens (tertiary/aromatic N) is 1. The van der Waals surface area contributed by atoms with Crippen molar-refractivity contribution in [1.82, 2.24) is 10.2 Å². The monoisotopic (exact) mass is 242 g/mol. The summed E-state index contributed by atoms with van der Waals surface area (Å²) in [6.07, 6.45) is 5.12. The number of nitrogens with one attached hydrogen (secondary N) is 1. The largest absolute Gasteiger partial charge is 0.395 e. The second-order valence-electron chi connectivity index (χ2n) is 4.73. The summed E-state index contributed by atoms with van der Waals surface area (Å²) >= 11 is 0. The molecular formula is C13H26N2O2. The van der Waals surface area contributed by atoms with Crippen LogP contribution in [-0.2, 0) is 4.79 Å². The molecule has 1 fully saturated rings. The third-order valence-electron chi connectivity index (χ3n) is 3.62. The number of hydrogen-bond acceptors (Lipinski definition) is 3. The quantitative estimate of drug-likeness (QED) is 0.734. The average molecular weight is 242 g/mol. The lowest BCUT2D eigenvalue weighted by molar-refractivity contribution is -0.137. The van der Waals surface area contributed by atoms with E-state index in [1.54, 1.807) is 0 Å². The van der Waals surface area contributed by atoms with Crippen LogP contribution in [0.15, 0.2) is 0 Å². The minimum atomic E-state index is -0.0316. The van der Waals surface area contributed by atoms with E-state index < -0.39 is 0 Å². The van der Waals surface area contributed by atoms with Gasteiger partial charge in [0.1, 0.15) is 0 Å². The third kappa shape index (κ3) is 3.96. The average Bonchev–Trinajstić information content (AvgIpc) is 2.39. The lowest BCUT2D eigenvalue weighted by atomic mass is 10.0. The third-order valence-corrected chi connectivity index (χ3v) is 3.62. The van der Waals surface area contributed by atoms with Gasteiger partial charge in [-0.3, -0.25) is 4.79 Å². The van der Waals surface area contributed by atoms with Gasteiger partial charge >= 0.3 is 0 Å². The molecule has 4 heteroatoms. The Morgan fingerprint density at radius 1 is 1.41 bits per heavy atom. The summed E-state index contributed by atoms with van der Waals surface area (Å²) in [7, 11) is 0. The first-order valence-corrected chi connectivity index (χ1v) is 6.89. The predicted molar refractivity (Wildman–Crippen MR) is 68.8 cm³/mol. The van der Waals surface area contributed by atoms with E-state index in [0.29, 0.717) is 6.54 Å². The normalized spacial score (nSPS) is 20.6. The van der Waals surface area contributed by atoms with Gasteiger partial charge in [-0.2, -0.15) is 0 Å². The molecule has 1 aliphatic rings. The number of amides is 1. The van der Waals surface area contributed by atoms with Gasteiger partial charge in [0.2, 0.25) is 5.91 Å². The highest BCUT2D eigenvalue weighted by Gasteiger charge is 2.28. The van der Waals surface area contributed by atoms with Crippen LogP contribution in [0.2, 0.25) is 0 Å². The maximum absolute atomic E-state index is 12.4. The first kappa shape index (κ1) is 14.5. The lowest BCUT2D eigenvalue weighted by Crippen LogP contribution is -2.52. The fourth-order valence-electron chi connectivity index (χ4n) is 2.57. The van der Waals surface area contributed by atoms with E-state index in [4.69, 9.17) is 5.11 Å². The van der Waals surface area contributed by atoms with Crippen molar-refractivity contribution >= 4 is 5.91 Å². The van der Waals surface area contributed by atoms with E-state index in [1.165, 1.54) is 0 Å². The summed E-state index contributed by atoms with van der Waals surface area (Å²) < 4.78 is 0. The summed E-state index contributed by atoms with van der Waals surface area (Å²) in [5, 5.41) is 12.4. The van der Waals surface area contributed by atoms with Gasteiger partial charge in [0.05, 0.1) is 12.6 Å². The predicted octanol–water partition coefficient (Wildman–Crippen LogP) is 1.14. The molecule has 1 saturated heterocycles. The van der Waals surface area contributed by atoms with E-state index >= 15 is 0 Å². The van der Waals surface area contributed by atoms with Gasteiger partial charge in [-0.1, -0.05) is 20.3 Å². The highest BCUT2D eigenvalue weighted by molar-refractivity contribution is 5.82. The molecule has 0 saturated carbocycles. The Morgan fingerprint density at radius 3 is 2.59 bits per heavy atom. The smallest absolute Gasteiger partial charge is 0.240 e. The molecule has 2 N–H and O–H groups in total. The second kappa shape index (κ2) is 7.67. The van der Waals surface area contributed by atoms with Crippen molar-refractivity contribution in [2.24, 2.45) is 0 Å². The number of hydrogen-bond donors (Lipinski definition) is 2. The molecule has 0 spiro atoms. The Morgan fingerprint density at radius 2 is 2.12 bits per heavy atom. The number of rotatable bonds is 6. The van der Waals surface area contributed by atoms with Crippen LogP contribution in [0.4, 0.5) is 0 Å². The first-order chi connectivity index (χ1) is 8.24. The van der Waals surface area contributed by atoms with Gasteiger partial charge in [0.15, 0.2) is 0 Å². The molecule has 1 amide bonds. The van der Waals surface area contributed by atoms with Crippen molar-refractivity contribution in [3.63, 3.8) is 0 Å². The molecule has 0 aliphatic carbocycles.